The summed E-state index contributed by atoms with van der Waals surface area (Å²) in [7, 11) is 1.39. The Labute approximate surface area is 105 Å². The lowest BCUT2D eigenvalue weighted by atomic mass is 10.0. The topological polar surface area (TPSA) is 26.3 Å². The van der Waals surface area contributed by atoms with Gasteiger partial charge in [0.05, 0.1) is 12.7 Å². The lowest BCUT2D eigenvalue weighted by Crippen LogP contribution is -2.02. The minimum absolute atomic E-state index is 0.290. The third kappa shape index (κ3) is 3.63. The van der Waals surface area contributed by atoms with Crippen LogP contribution in [0.25, 0.3) is 0 Å². The van der Waals surface area contributed by atoms with E-state index in [0.717, 1.165) is 6.42 Å². The Bertz CT molecular complexity index is 343. The molecule has 0 heterocycles. The van der Waals surface area contributed by atoms with Crippen molar-refractivity contribution in [3.05, 3.63) is 35.4 Å². The van der Waals surface area contributed by atoms with Gasteiger partial charge in [-0.15, -0.1) is 0 Å². The summed E-state index contributed by atoms with van der Waals surface area (Å²) >= 11 is 3.65. The Morgan fingerprint density at radius 1 is 1.31 bits per heavy atom. The van der Waals surface area contributed by atoms with Crippen molar-refractivity contribution < 1.29 is 9.53 Å². The summed E-state index contributed by atoms with van der Waals surface area (Å²) in [6, 6.07) is 7.54. The zero-order chi connectivity index (χ0) is 12.1. The van der Waals surface area contributed by atoms with Gasteiger partial charge in [0.15, 0.2) is 0 Å². The molecule has 88 valence electrons. The molecule has 0 amide bonds. The maximum Gasteiger partial charge on any atom is 0.337 e. The predicted molar refractivity (Wildman–Crippen MR) is 68.9 cm³/mol. The first-order valence-electron chi connectivity index (χ1n) is 5.37. The molecule has 3 heteroatoms. The van der Waals surface area contributed by atoms with Crippen LogP contribution in [-0.4, -0.2) is 13.1 Å². The van der Waals surface area contributed by atoms with Crippen LogP contribution in [0.15, 0.2) is 24.3 Å². The van der Waals surface area contributed by atoms with E-state index in [1.165, 1.54) is 12.7 Å². The molecule has 2 nitrogen and oxygen atoms in total. The fraction of sp³-hybridized carbons (Fsp3) is 0.462. The summed E-state index contributed by atoms with van der Waals surface area (Å²) in [5.74, 6) is 0.353. The molecule has 0 saturated carbocycles. The maximum absolute atomic E-state index is 11.2. The largest absolute Gasteiger partial charge is 0.465 e. The molecule has 16 heavy (non-hydrogen) atoms. The summed E-state index contributed by atoms with van der Waals surface area (Å²) in [5.41, 5.74) is 1.79. The fourth-order valence-corrected chi connectivity index (χ4v) is 2.55. The molecule has 0 fully saturated rings. The molecule has 1 aromatic rings. The molecule has 0 aliphatic heterocycles. The summed E-state index contributed by atoms with van der Waals surface area (Å²) in [6.07, 6.45) is 1.08. The molecule has 0 bridgehead atoms. The van der Waals surface area contributed by atoms with E-state index in [-0.39, 0.29) is 5.97 Å². The highest BCUT2D eigenvalue weighted by molar-refractivity contribution is 9.09. The van der Waals surface area contributed by atoms with Crippen LogP contribution in [0.5, 0.6) is 0 Å². The molecule has 0 spiro atoms. The number of benzene rings is 1. The van der Waals surface area contributed by atoms with Gasteiger partial charge in [-0.05, 0) is 30.0 Å². The average molecular weight is 285 g/mol. The van der Waals surface area contributed by atoms with Crippen molar-refractivity contribution in [2.45, 2.75) is 25.1 Å². The number of rotatable bonds is 4. The maximum atomic E-state index is 11.2. The zero-order valence-corrected chi connectivity index (χ0v) is 11.5. The normalized spacial score (nSPS) is 12.6. The number of carbonyl (C=O) groups is 1. The Morgan fingerprint density at radius 2 is 1.88 bits per heavy atom. The number of alkyl halides is 1. The summed E-state index contributed by atoms with van der Waals surface area (Å²) in [5, 5.41) is 0. The highest BCUT2D eigenvalue weighted by Crippen LogP contribution is 2.29. The minimum atomic E-state index is -0.290. The Hall–Kier alpha value is -0.830. The van der Waals surface area contributed by atoms with Gasteiger partial charge < -0.3 is 4.74 Å². The number of carbonyl (C=O) groups excluding carboxylic acids is 1. The third-order valence-electron chi connectivity index (χ3n) is 2.37. The van der Waals surface area contributed by atoms with Crippen molar-refractivity contribution in [1.29, 1.82) is 0 Å². The molecule has 1 unspecified atom stereocenters. The number of methoxy groups -OCH3 is 1. The number of hydrogen-bond acceptors (Lipinski definition) is 2. The quantitative estimate of drug-likeness (QED) is 0.618. The minimum Gasteiger partial charge on any atom is -0.465 e. The lowest BCUT2D eigenvalue weighted by Gasteiger charge is -2.12. The molecular weight excluding hydrogens is 268 g/mol. The molecule has 1 aromatic carbocycles. The molecule has 0 aliphatic carbocycles. The standard InChI is InChI=1S/C13H17BrO2/c1-9(2)8-12(14)10-4-6-11(7-5-10)13(15)16-3/h4-7,9,12H,8H2,1-3H3. The van der Waals surface area contributed by atoms with E-state index < -0.39 is 0 Å². The van der Waals surface area contributed by atoms with Gasteiger partial charge in [0.2, 0.25) is 0 Å². The Kier molecular flexibility index (Phi) is 5.00. The van der Waals surface area contributed by atoms with Gasteiger partial charge in [0.1, 0.15) is 0 Å². The van der Waals surface area contributed by atoms with Gasteiger partial charge in [-0.2, -0.15) is 0 Å². The number of esters is 1. The molecule has 1 rings (SSSR count). The van der Waals surface area contributed by atoms with Crippen molar-refractivity contribution in [3.63, 3.8) is 0 Å². The molecule has 0 aromatic heterocycles. The molecular formula is C13H17BrO2. The van der Waals surface area contributed by atoms with Gasteiger partial charge in [-0.3, -0.25) is 0 Å². The SMILES string of the molecule is COC(=O)c1ccc(C(Br)CC(C)C)cc1. The van der Waals surface area contributed by atoms with Crippen LogP contribution in [0.1, 0.15) is 41.0 Å². The van der Waals surface area contributed by atoms with E-state index in [1.54, 1.807) is 12.1 Å². The van der Waals surface area contributed by atoms with Crippen LogP contribution in [0.4, 0.5) is 0 Å². The summed E-state index contributed by atoms with van der Waals surface area (Å²) in [4.78, 5) is 11.6. The van der Waals surface area contributed by atoms with Crippen molar-refractivity contribution >= 4 is 21.9 Å². The first-order valence-corrected chi connectivity index (χ1v) is 6.28. The Balaban J connectivity index is 2.74. The van der Waals surface area contributed by atoms with Crippen molar-refractivity contribution in [3.8, 4) is 0 Å². The molecule has 0 radical (unpaired) electrons. The number of hydrogen-bond donors (Lipinski definition) is 0. The van der Waals surface area contributed by atoms with E-state index in [9.17, 15) is 4.79 Å². The lowest BCUT2D eigenvalue weighted by molar-refractivity contribution is 0.0600. The number of halogens is 1. The van der Waals surface area contributed by atoms with E-state index in [4.69, 9.17) is 0 Å². The van der Waals surface area contributed by atoms with E-state index in [2.05, 4.69) is 34.5 Å². The highest BCUT2D eigenvalue weighted by Gasteiger charge is 2.11. The summed E-state index contributed by atoms with van der Waals surface area (Å²) < 4.78 is 4.65. The van der Waals surface area contributed by atoms with Crippen LogP contribution in [0, 0.1) is 5.92 Å². The van der Waals surface area contributed by atoms with Crippen LogP contribution in [-0.2, 0) is 4.74 Å². The summed E-state index contributed by atoms with van der Waals surface area (Å²) in [6.45, 7) is 4.38. The van der Waals surface area contributed by atoms with Crippen molar-refractivity contribution in [1.82, 2.24) is 0 Å². The van der Waals surface area contributed by atoms with Crippen LogP contribution < -0.4 is 0 Å². The smallest absolute Gasteiger partial charge is 0.337 e. The van der Waals surface area contributed by atoms with E-state index in [1.807, 2.05) is 12.1 Å². The molecule has 0 N–H and O–H groups in total. The first-order chi connectivity index (χ1) is 7.54. The predicted octanol–water partition coefficient (Wildman–Crippen LogP) is 3.96. The number of ether oxygens (including phenoxy) is 1. The van der Waals surface area contributed by atoms with Crippen molar-refractivity contribution in [2.75, 3.05) is 7.11 Å². The molecule has 1 atom stereocenters. The fourth-order valence-electron chi connectivity index (χ4n) is 1.50. The zero-order valence-electron chi connectivity index (χ0n) is 9.87. The average Bonchev–Trinajstić information content (AvgIpc) is 2.27. The molecule has 0 aliphatic rings. The Morgan fingerprint density at radius 3 is 2.31 bits per heavy atom. The van der Waals surface area contributed by atoms with Crippen LogP contribution >= 0.6 is 15.9 Å². The van der Waals surface area contributed by atoms with Crippen LogP contribution in [0.3, 0.4) is 0 Å². The van der Waals surface area contributed by atoms with Gasteiger partial charge >= 0.3 is 5.97 Å². The monoisotopic (exact) mass is 284 g/mol. The second kappa shape index (κ2) is 6.04. The first kappa shape index (κ1) is 13.2. The van der Waals surface area contributed by atoms with E-state index >= 15 is 0 Å². The molecule has 0 saturated heterocycles. The van der Waals surface area contributed by atoms with Gasteiger partial charge in [0, 0.05) is 4.83 Å². The van der Waals surface area contributed by atoms with Crippen LogP contribution in [0.2, 0.25) is 0 Å². The second-order valence-corrected chi connectivity index (χ2v) is 5.32. The van der Waals surface area contributed by atoms with Crippen molar-refractivity contribution in [2.24, 2.45) is 5.92 Å². The highest BCUT2D eigenvalue weighted by atomic mass is 79.9. The van der Waals surface area contributed by atoms with Gasteiger partial charge in [-0.25, -0.2) is 4.79 Å². The second-order valence-electron chi connectivity index (χ2n) is 4.21. The van der Waals surface area contributed by atoms with E-state index in [0.29, 0.717) is 16.3 Å². The van der Waals surface area contributed by atoms with Gasteiger partial charge in [0.25, 0.3) is 0 Å². The van der Waals surface area contributed by atoms with Gasteiger partial charge in [-0.1, -0.05) is 41.9 Å². The third-order valence-corrected chi connectivity index (χ3v) is 3.27.